The third-order valence-electron chi connectivity index (χ3n) is 6.02. The molecule has 0 radical (unpaired) electrons. The van der Waals surface area contributed by atoms with Crippen molar-refractivity contribution in [3.8, 4) is 0 Å². The molecule has 30 heavy (non-hydrogen) atoms. The van der Waals surface area contributed by atoms with E-state index in [0.29, 0.717) is 27.7 Å². The zero-order valence-electron chi connectivity index (χ0n) is 16.0. The first-order chi connectivity index (χ1) is 14.3. The number of aliphatic hydroxyl groups is 1. The molecule has 0 saturated carbocycles. The van der Waals surface area contributed by atoms with Crippen molar-refractivity contribution < 1.29 is 29.0 Å². The molecule has 1 aromatic heterocycles. The summed E-state index contributed by atoms with van der Waals surface area (Å²) in [6.45, 7) is 1.52. The lowest BCUT2D eigenvalue weighted by Crippen LogP contribution is -2.61. The van der Waals surface area contributed by atoms with E-state index >= 15 is 0 Å². The summed E-state index contributed by atoms with van der Waals surface area (Å²) in [7, 11) is 0. The Balaban J connectivity index is 1.73. The highest BCUT2D eigenvalue weighted by molar-refractivity contribution is 6.17. The normalized spacial score (nSPS) is 21.8. The van der Waals surface area contributed by atoms with Gasteiger partial charge in [-0.3, -0.25) is 9.59 Å². The fourth-order valence-electron chi connectivity index (χ4n) is 4.75. The Morgan fingerprint density at radius 2 is 1.97 bits per heavy atom. The maximum Gasteiger partial charge on any atom is 0.352 e. The molecule has 2 aliphatic heterocycles. The molecule has 2 aromatic carbocycles. The van der Waals surface area contributed by atoms with E-state index in [9.17, 15) is 24.6 Å². The van der Waals surface area contributed by atoms with Gasteiger partial charge < -0.3 is 25.3 Å². The lowest BCUT2D eigenvalue weighted by atomic mass is 9.82. The number of carboxylic acid groups (broad SMARTS) is 1. The lowest BCUT2D eigenvalue weighted by molar-refractivity contribution is -0.161. The Morgan fingerprint density at radius 1 is 1.23 bits per heavy atom. The molecule has 5 rings (SSSR count). The molecule has 0 bridgehead atoms. The number of rotatable bonds is 4. The van der Waals surface area contributed by atoms with Gasteiger partial charge in [0.25, 0.3) is 0 Å². The average Bonchev–Trinajstić information content (AvgIpc) is 3.22. The van der Waals surface area contributed by atoms with E-state index in [1.54, 1.807) is 18.2 Å². The fourth-order valence-corrected chi connectivity index (χ4v) is 4.75. The Labute approximate surface area is 170 Å². The molecule has 1 fully saturated rings. The first-order valence-electron chi connectivity index (χ1n) is 9.52. The zero-order chi connectivity index (χ0) is 21.3. The Morgan fingerprint density at radius 3 is 2.63 bits per heavy atom. The maximum absolute atomic E-state index is 12.5. The predicted molar refractivity (Wildman–Crippen MR) is 107 cm³/mol. The summed E-state index contributed by atoms with van der Waals surface area (Å²) in [4.78, 5) is 37.9. The monoisotopic (exact) mass is 406 g/mol. The van der Waals surface area contributed by atoms with Crippen molar-refractivity contribution in [2.45, 2.75) is 25.5 Å². The van der Waals surface area contributed by atoms with Gasteiger partial charge in [0.15, 0.2) is 0 Å². The highest BCUT2D eigenvalue weighted by Crippen LogP contribution is 2.47. The van der Waals surface area contributed by atoms with Crippen LogP contribution in [0.25, 0.3) is 27.5 Å². The van der Waals surface area contributed by atoms with Gasteiger partial charge in [-0.05, 0) is 42.7 Å². The van der Waals surface area contributed by atoms with Gasteiger partial charge in [-0.15, -0.1) is 0 Å². The van der Waals surface area contributed by atoms with Crippen molar-refractivity contribution in [2.75, 3.05) is 0 Å². The first kappa shape index (κ1) is 18.4. The number of nitrogens with zero attached hydrogens (tertiary/aromatic N) is 1. The topological polar surface area (TPSA) is 134 Å². The summed E-state index contributed by atoms with van der Waals surface area (Å²) >= 11 is 0. The van der Waals surface area contributed by atoms with E-state index in [4.69, 9.17) is 10.2 Å². The summed E-state index contributed by atoms with van der Waals surface area (Å²) in [6.07, 6.45) is -0.625. The van der Waals surface area contributed by atoms with Crippen LogP contribution in [0.5, 0.6) is 0 Å². The van der Waals surface area contributed by atoms with E-state index in [1.807, 2.05) is 18.2 Å². The van der Waals surface area contributed by atoms with Crippen LogP contribution in [0.4, 0.5) is 0 Å². The molecule has 3 heterocycles. The Bertz CT molecular complexity index is 1300. The number of carbonyl (C=O) groups is 3. The molecule has 1 saturated heterocycles. The van der Waals surface area contributed by atoms with Crippen LogP contribution < -0.4 is 5.73 Å². The number of nitrogens with two attached hydrogens (primary N) is 1. The molecule has 2 amide bonds. The molecule has 3 atom stereocenters. The number of carboxylic acids is 1. The summed E-state index contributed by atoms with van der Waals surface area (Å²) in [5.41, 5.74) is 7.58. The molecule has 2 aliphatic rings. The quantitative estimate of drug-likeness (QED) is 0.568. The van der Waals surface area contributed by atoms with Crippen molar-refractivity contribution >= 4 is 45.3 Å². The minimum absolute atomic E-state index is 0.132. The van der Waals surface area contributed by atoms with Crippen LogP contribution in [0.3, 0.4) is 0 Å². The van der Waals surface area contributed by atoms with Crippen molar-refractivity contribution in [3.63, 3.8) is 0 Å². The molecule has 8 nitrogen and oxygen atoms in total. The molecule has 0 spiro atoms. The minimum Gasteiger partial charge on any atom is -0.477 e. The maximum atomic E-state index is 12.5. The van der Waals surface area contributed by atoms with Crippen molar-refractivity contribution in [1.29, 1.82) is 0 Å². The van der Waals surface area contributed by atoms with Crippen LogP contribution in [-0.2, 0) is 9.59 Å². The second kappa shape index (κ2) is 6.17. The largest absolute Gasteiger partial charge is 0.477 e. The van der Waals surface area contributed by atoms with E-state index in [0.717, 1.165) is 5.39 Å². The number of hydrogen-bond acceptors (Lipinski definition) is 5. The zero-order valence-corrected chi connectivity index (χ0v) is 16.0. The second-order valence-corrected chi connectivity index (χ2v) is 7.74. The highest BCUT2D eigenvalue weighted by atomic mass is 16.4. The van der Waals surface area contributed by atoms with E-state index < -0.39 is 35.8 Å². The number of primary amides is 1. The van der Waals surface area contributed by atoms with Gasteiger partial charge in [-0.2, -0.15) is 0 Å². The summed E-state index contributed by atoms with van der Waals surface area (Å²) in [5, 5.41) is 21.0. The standard InChI is InChI=1S/C22H18N2O6/c1-9(25)17-14-8-12(19(22(28)29)24(14)21(17)27)10-6-13(20(23)26)18-11-4-2-3-5-15(11)30-16(18)7-10/h2-7,9,14,17,25H,8H2,1H3,(H2,23,26)(H,28,29)/t9-,14-,17-/m1/s1. The molecule has 3 aromatic rings. The van der Waals surface area contributed by atoms with Gasteiger partial charge in [0.05, 0.1) is 23.6 Å². The molecule has 0 aliphatic carbocycles. The van der Waals surface area contributed by atoms with Crippen LogP contribution in [0.1, 0.15) is 29.3 Å². The van der Waals surface area contributed by atoms with Gasteiger partial charge in [0, 0.05) is 10.8 Å². The van der Waals surface area contributed by atoms with E-state index in [-0.39, 0.29) is 17.7 Å². The predicted octanol–water partition coefficient (Wildman–Crippen LogP) is 2.09. The highest BCUT2D eigenvalue weighted by Gasteiger charge is 2.56. The van der Waals surface area contributed by atoms with Crippen LogP contribution in [0.15, 0.2) is 46.5 Å². The van der Waals surface area contributed by atoms with Crippen molar-refractivity contribution in [3.05, 3.63) is 53.2 Å². The third-order valence-corrected chi connectivity index (χ3v) is 6.02. The van der Waals surface area contributed by atoms with Crippen molar-refractivity contribution in [1.82, 2.24) is 4.90 Å². The number of aliphatic carboxylic acids is 1. The molecule has 152 valence electrons. The number of amides is 2. The summed E-state index contributed by atoms with van der Waals surface area (Å²) in [5.74, 6) is -2.97. The van der Waals surface area contributed by atoms with Gasteiger partial charge in [-0.1, -0.05) is 18.2 Å². The molecule has 0 unspecified atom stereocenters. The number of carbonyl (C=O) groups excluding carboxylic acids is 2. The van der Waals surface area contributed by atoms with E-state index in [1.165, 1.54) is 11.8 Å². The number of aliphatic hydroxyl groups excluding tert-OH is 1. The molecule has 4 N–H and O–H groups in total. The minimum atomic E-state index is -1.24. The number of furan rings is 1. The number of fused-ring (bicyclic) bond motifs is 4. The van der Waals surface area contributed by atoms with Crippen LogP contribution >= 0.6 is 0 Å². The van der Waals surface area contributed by atoms with E-state index in [2.05, 4.69) is 0 Å². The van der Waals surface area contributed by atoms with Gasteiger partial charge in [0.2, 0.25) is 11.8 Å². The Hall–Kier alpha value is -3.65. The molecular formula is C22H18N2O6. The average molecular weight is 406 g/mol. The smallest absolute Gasteiger partial charge is 0.352 e. The van der Waals surface area contributed by atoms with Crippen LogP contribution in [-0.4, -0.2) is 45.0 Å². The number of para-hydroxylation sites is 1. The number of hydrogen-bond donors (Lipinski definition) is 3. The number of benzene rings is 2. The van der Waals surface area contributed by atoms with Crippen LogP contribution in [0.2, 0.25) is 0 Å². The molecular weight excluding hydrogens is 388 g/mol. The van der Waals surface area contributed by atoms with Gasteiger partial charge >= 0.3 is 5.97 Å². The molecule has 8 heteroatoms. The third kappa shape index (κ3) is 2.34. The number of β-lactam (4-membered cyclic amide) rings is 1. The lowest BCUT2D eigenvalue weighted by Gasteiger charge is -2.44. The van der Waals surface area contributed by atoms with Gasteiger partial charge in [0.1, 0.15) is 16.9 Å². The van der Waals surface area contributed by atoms with Crippen molar-refractivity contribution in [2.24, 2.45) is 11.7 Å². The first-order valence-corrected chi connectivity index (χ1v) is 9.52. The summed E-state index contributed by atoms with van der Waals surface area (Å²) < 4.78 is 5.89. The van der Waals surface area contributed by atoms with Crippen LogP contribution in [0, 0.1) is 5.92 Å². The Kier molecular flexibility index (Phi) is 3.78. The SMILES string of the molecule is C[C@@H](O)[C@H]1C(=O)N2C(C(=O)O)=C(c3cc(C(N)=O)c4c(c3)oc3ccccc34)C[C@H]12. The summed E-state index contributed by atoms with van der Waals surface area (Å²) in [6, 6.07) is 10.0. The fraction of sp³-hybridized carbons (Fsp3) is 0.227. The second-order valence-electron chi connectivity index (χ2n) is 7.74. The van der Waals surface area contributed by atoms with Gasteiger partial charge in [-0.25, -0.2) is 4.79 Å².